The van der Waals surface area contributed by atoms with Gasteiger partial charge in [0.15, 0.2) is 11.4 Å². The molecule has 9 nitrogen and oxygen atoms in total. The average Bonchev–Trinajstić information content (AvgIpc) is 2.92. The van der Waals surface area contributed by atoms with Gasteiger partial charge in [0.05, 0.1) is 12.7 Å². The van der Waals surface area contributed by atoms with Crippen molar-refractivity contribution in [2.24, 2.45) is 0 Å². The number of carbonyl (C=O) groups excluding carboxylic acids is 2. The lowest BCUT2D eigenvalue weighted by Gasteiger charge is -2.41. The summed E-state index contributed by atoms with van der Waals surface area (Å²) in [6, 6.07) is 0. The van der Waals surface area contributed by atoms with Crippen molar-refractivity contribution in [1.82, 2.24) is 0 Å². The molecule has 0 aromatic heterocycles. The first-order chi connectivity index (χ1) is 18.8. The van der Waals surface area contributed by atoms with Gasteiger partial charge in [-0.05, 0) is 6.42 Å². The fourth-order valence-corrected chi connectivity index (χ4v) is 5.26. The standard InChI is InChI=1S/C29H54O9S/c1-3-4-5-6-7-8-9-10-11-12-13-14-15-16-17-18-25(32)36-20-23(19-30)37-29-28(35)27(34)26(33)24(38-29)21-39-22(2)31/h23-24,26-30,33-35H,3-21H2,1-2H3/t23-,24+,26+,27-,28+,29+/m0/s1. The molecule has 0 unspecified atom stereocenters. The van der Waals surface area contributed by atoms with Crippen LogP contribution in [-0.4, -0.2) is 87.3 Å². The lowest BCUT2D eigenvalue weighted by molar-refractivity contribution is -0.307. The van der Waals surface area contributed by atoms with Crippen molar-refractivity contribution in [3.05, 3.63) is 0 Å². The third kappa shape index (κ3) is 17.0. The lowest BCUT2D eigenvalue weighted by Crippen LogP contribution is -2.59. The fourth-order valence-electron chi connectivity index (χ4n) is 4.59. The van der Waals surface area contributed by atoms with Crippen LogP contribution in [0.1, 0.15) is 117 Å². The molecule has 1 aliphatic heterocycles. The highest BCUT2D eigenvalue weighted by atomic mass is 32.2. The lowest BCUT2D eigenvalue weighted by atomic mass is 10.00. The molecular weight excluding hydrogens is 524 g/mol. The Labute approximate surface area is 239 Å². The van der Waals surface area contributed by atoms with Crippen LogP contribution in [0.2, 0.25) is 0 Å². The van der Waals surface area contributed by atoms with E-state index in [4.69, 9.17) is 14.2 Å². The first-order valence-corrected chi connectivity index (χ1v) is 16.0. The van der Waals surface area contributed by atoms with Gasteiger partial charge in [-0.1, -0.05) is 109 Å². The van der Waals surface area contributed by atoms with Gasteiger partial charge < -0.3 is 34.6 Å². The summed E-state index contributed by atoms with van der Waals surface area (Å²) in [5.74, 6) is -0.318. The Morgan fingerprint density at radius 1 is 0.795 bits per heavy atom. The molecule has 0 radical (unpaired) electrons. The van der Waals surface area contributed by atoms with E-state index < -0.39 is 43.4 Å². The van der Waals surface area contributed by atoms with E-state index in [1.54, 1.807) is 0 Å². The maximum absolute atomic E-state index is 12.1. The Morgan fingerprint density at radius 2 is 1.31 bits per heavy atom. The zero-order chi connectivity index (χ0) is 28.9. The molecule has 0 bridgehead atoms. The summed E-state index contributed by atoms with van der Waals surface area (Å²) in [5, 5.41) is 39.9. The molecule has 0 spiro atoms. The number of carbonyl (C=O) groups is 2. The Morgan fingerprint density at radius 3 is 1.79 bits per heavy atom. The minimum atomic E-state index is -1.57. The highest BCUT2D eigenvalue weighted by Crippen LogP contribution is 2.25. The molecule has 0 aliphatic carbocycles. The number of hydrogen-bond donors (Lipinski definition) is 4. The van der Waals surface area contributed by atoms with E-state index in [-0.39, 0.29) is 29.9 Å². The minimum absolute atomic E-state index is 0.0676. The number of aliphatic hydroxyl groups excluding tert-OH is 4. The van der Waals surface area contributed by atoms with Gasteiger partial charge >= 0.3 is 5.97 Å². The van der Waals surface area contributed by atoms with Crippen LogP contribution >= 0.6 is 11.8 Å². The molecule has 4 N–H and O–H groups in total. The van der Waals surface area contributed by atoms with Crippen molar-refractivity contribution < 1.29 is 44.2 Å². The molecule has 39 heavy (non-hydrogen) atoms. The number of thioether (sulfide) groups is 1. The van der Waals surface area contributed by atoms with Crippen LogP contribution in [-0.2, 0) is 23.8 Å². The Kier molecular flexibility index (Phi) is 21.3. The molecule has 1 heterocycles. The van der Waals surface area contributed by atoms with Gasteiger partial charge in [0.25, 0.3) is 0 Å². The number of aliphatic hydroxyl groups is 4. The topological polar surface area (TPSA) is 143 Å². The first kappa shape index (κ1) is 36.3. The third-order valence-electron chi connectivity index (χ3n) is 7.06. The van der Waals surface area contributed by atoms with E-state index >= 15 is 0 Å². The third-order valence-corrected chi connectivity index (χ3v) is 7.97. The molecular formula is C29H54O9S. The first-order valence-electron chi connectivity index (χ1n) is 15.0. The summed E-state index contributed by atoms with van der Waals surface area (Å²) < 4.78 is 16.3. The van der Waals surface area contributed by atoms with Crippen LogP contribution in [0.3, 0.4) is 0 Å². The van der Waals surface area contributed by atoms with Crippen molar-refractivity contribution in [3.63, 3.8) is 0 Å². The summed E-state index contributed by atoms with van der Waals surface area (Å²) in [6.45, 7) is 2.89. The molecule has 0 saturated carbocycles. The Hall–Kier alpha value is -0.750. The van der Waals surface area contributed by atoms with Crippen LogP contribution < -0.4 is 0 Å². The van der Waals surface area contributed by atoms with Gasteiger partial charge in [0.1, 0.15) is 31.0 Å². The van der Waals surface area contributed by atoms with E-state index in [1.165, 1.54) is 84.0 Å². The summed E-state index contributed by atoms with van der Waals surface area (Å²) in [6.07, 6.45) is 11.2. The summed E-state index contributed by atoms with van der Waals surface area (Å²) >= 11 is 0.915. The molecule has 0 aromatic rings. The molecule has 1 aliphatic rings. The second-order valence-corrected chi connectivity index (χ2v) is 11.8. The predicted molar refractivity (Wildman–Crippen MR) is 152 cm³/mol. The second-order valence-electron chi connectivity index (χ2n) is 10.6. The zero-order valence-electron chi connectivity index (χ0n) is 24.1. The molecule has 1 saturated heterocycles. The number of unbranched alkanes of at least 4 members (excludes halogenated alkanes) is 14. The zero-order valence-corrected chi connectivity index (χ0v) is 25.0. The highest BCUT2D eigenvalue weighted by Gasteiger charge is 2.45. The quantitative estimate of drug-likeness (QED) is 0.103. The smallest absolute Gasteiger partial charge is 0.305 e. The summed E-state index contributed by atoms with van der Waals surface area (Å²) in [5.41, 5.74) is 0. The van der Waals surface area contributed by atoms with E-state index in [2.05, 4.69) is 6.92 Å². The number of esters is 1. The Balaban J connectivity index is 2.11. The molecule has 1 fully saturated rings. The van der Waals surface area contributed by atoms with Crippen molar-refractivity contribution in [1.29, 1.82) is 0 Å². The molecule has 6 atom stereocenters. The normalized spacial score (nSPS) is 24.0. The van der Waals surface area contributed by atoms with E-state index in [0.717, 1.165) is 31.0 Å². The Bertz CT molecular complexity index is 636. The average molecular weight is 579 g/mol. The van der Waals surface area contributed by atoms with E-state index in [0.29, 0.717) is 0 Å². The largest absolute Gasteiger partial charge is 0.463 e. The van der Waals surface area contributed by atoms with Gasteiger partial charge in [0, 0.05) is 19.1 Å². The monoisotopic (exact) mass is 578 g/mol. The van der Waals surface area contributed by atoms with Crippen LogP contribution in [0, 0.1) is 0 Å². The number of hydrogen-bond acceptors (Lipinski definition) is 10. The van der Waals surface area contributed by atoms with Gasteiger partial charge in [-0.3, -0.25) is 9.59 Å². The van der Waals surface area contributed by atoms with Gasteiger partial charge in [-0.25, -0.2) is 0 Å². The van der Waals surface area contributed by atoms with Gasteiger partial charge in [-0.15, -0.1) is 0 Å². The van der Waals surface area contributed by atoms with E-state index in [9.17, 15) is 30.0 Å². The minimum Gasteiger partial charge on any atom is -0.463 e. The van der Waals surface area contributed by atoms with Crippen molar-refractivity contribution in [3.8, 4) is 0 Å². The summed E-state index contributed by atoms with van der Waals surface area (Å²) in [4.78, 5) is 23.3. The van der Waals surface area contributed by atoms with Crippen LogP contribution in [0.4, 0.5) is 0 Å². The SMILES string of the molecule is CCCCCCCCCCCCCCCCCC(=O)OC[C@H](CO)O[C@@H]1O[C@H](CSC(C)=O)[C@@H](O)[C@H](O)[C@H]1O. The molecule has 1 rings (SSSR count). The highest BCUT2D eigenvalue weighted by molar-refractivity contribution is 8.13. The number of ether oxygens (including phenoxy) is 3. The van der Waals surface area contributed by atoms with Crippen molar-refractivity contribution in [2.45, 2.75) is 153 Å². The molecule has 10 heteroatoms. The maximum Gasteiger partial charge on any atom is 0.305 e. The van der Waals surface area contributed by atoms with Crippen LogP contribution in [0.25, 0.3) is 0 Å². The predicted octanol–water partition coefficient (Wildman–Crippen LogP) is 4.26. The van der Waals surface area contributed by atoms with Crippen molar-refractivity contribution >= 4 is 22.8 Å². The second kappa shape index (κ2) is 22.9. The van der Waals surface area contributed by atoms with Gasteiger partial charge in [-0.2, -0.15) is 0 Å². The van der Waals surface area contributed by atoms with Crippen LogP contribution in [0.5, 0.6) is 0 Å². The van der Waals surface area contributed by atoms with E-state index in [1.807, 2.05) is 0 Å². The van der Waals surface area contributed by atoms with Crippen molar-refractivity contribution in [2.75, 3.05) is 19.0 Å². The molecule has 0 amide bonds. The van der Waals surface area contributed by atoms with Gasteiger partial charge in [0.2, 0.25) is 0 Å². The van der Waals surface area contributed by atoms with Crippen LogP contribution in [0.15, 0.2) is 0 Å². The molecule has 0 aromatic carbocycles. The number of rotatable bonds is 23. The fraction of sp³-hybridized carbons (Fsp3) is 0.931. The summed E-state index contributed by atoms with van der Waals surface area (Å²) in [7, 11) is 0. The molecule has 230 valence electrons. The maximum atomic E-state index is 12.1.